The van der Waals surface area contributed by atoms with E-state index in [9.17, 15) is 4.79 Å². The van der Waals surface area contributed by atoms with E-state index in [0.717, 1.165) is 31.0 Å². The number of rotatable bonds is 9. The maximum atomic E-state index is 12.3. The molecule has 1 atom stereocenters. The second-order valence-corrected chi connectivity index (χ2v) is 8.51. The number of hydrogen-bond donors (Lipinski definition) is 3. The first kappa shape index (κ1) is 22.4. The second kappa shape index (κ2) is 11.1. The molecule has 0 fully saturated rings. The highest BCUT2D eigenvalue weighted by molar-refractivity contribution is 7.99. The van der Waals surface area contributed by atoms with Gasteiger partial charge in [-0.15, -0.1) is 0 Å². The van der Waals surface area contributed by atoms with E-state index in [0.29, 0.717) is 12.1 Å². The summed E-state index contributed by atoms with van der Waals surface area (Å²) in [4.78, 5) is 16.9. The molecule has 1 unspecified atom stereocenters. The van der Waals surface area contributed by atoms with Gasteiger partial charge >= 0.3 is 0 Å². The number of nitrogens with zero attached hydrogens (tertiary/aromatic N) is 1. The number of carbonyl (C=O) groups is 1. The van der Waals surface area contributed by atoms with E-state index >= 15 is 0 Å². The SMILES string of the molecule is CCNC(=NCc1cccc(C(=O)NC(C)CC)c1)NCC(C)(C)SC. The molecule has 6 heteroatoms. The summed E-state index contributed by atoms with van der Waals surface area (Å²) in [5.41, 5.74) is 1.70. The quantitative estimate of drug-likeness (QED) is 0.455. The summed E-state index contributed by atoms with van der Waals surface area (Å²) in [5, 5.41) is 9.66. The van der Waals surface area contributed by atoms with Crippen molar-refractivity contribution < 1.29 is 4.79 Å². The molecule has 0 heterocycles. The van der Waals surface area contributed by atoms with Gasteiger partial charge in [0.05, 0.1) is 6.54 Å². The third-order valence-electron chi connectivity index (χ3n) is 4.18. The van der Waals surface area contributed by atoms with Crippen LogP contribution in [0.25, 0.3) is 0 Å². The maximum Gasteiger partial charge on any atom is 0.251 e. The third kappa shape index (κ3) is 8.13. The fraction of sp³-hybridized carbons (Fsp3) is 0.600. The first-order valence-electron chi connectivity index (χ1n) is 9.28. The highest BCUT2D eigenvalue weighted by Gasteiger charge is 2.16. The zero-order valence-corrected chi connectivity index (χ0v) is 17.8. The van der Waals surface area contributed by atoms with E-state index in [1.807, 2.05) is 43.0 Å². The van der Waals surface area contributed by atoms with Crippen LogP contribution in [-0.2, 0) is 6.54 Å². The lowest BCUT2D eigenvalue weighted by Crippen LogP contribution is -2.43. The third-order valence-corrected chi connectivity index (χ3v) is 5.43. The smallest absolute Gasteiger partial charge is 0.251 e. The van der Waals surface area contributed by atoms with Gasteiger partial charge in [-0.1, -0.05) is 19.1 Å². The van der Waals surface area contributed by atoms with Gasteiger partial charge in [0.25, 0.3) is 5.91 Å². The van der Waals surface area contributed by atoms with Gasteiger partial charge in [-0.05, 0) is 58.1 Å². The number of carbonyl (C=O) groups excluding carboxylic acids is 1. The summed E-state index contributed by atoms with van der Waals surface area (Å²) < 4.78 is 0.143. The Balaban J connectivity index is 2.77. The molecule has 0 aliphatic carbocycles. The molecule has 1 aromatic rings. The predicted octanol–water partition coefficient (Wildman–Crippen LogP) is 3.41. The lowest BCUT2D eigenvalue weighted by atomic mass is 10.1. The van der Waals surface area contributed by atoms with Crippen LogP contribution in [0.1, 0.15) is 57.0 Å². The normalized spacial score (nSPS) is 13.2. The topological polar surface area (TPSA) is 65.5 Å². The zero-order chi connectivity index (χ0) is 19.6. The van der Waals surface area contributed by atoms with Crippen molar-refractivity contribution in [2.45, 2.75) is 58.4 Å². The maximum absolute atomic E-state index is 12.3. The fourth-order valence-electron chi connectivity index (χ4n) is 2.10. The Kier molecular flexibility index (Phi) is 9.55. The summed E-state index contributed by atoms with van der Waals surface area (Å²) in [6.07, 6.45) is 3.03. The van der Waals surface area contributed by atoms with Gasteiger partial charge < -0.3 is 16.0 Å². The summed E-state index contributed by atoms with van der Waals surface area (Å²) >= 11 is 1.82. The van der Waals surface area contributed by atoms with E-state index in [1.54, 1.807) is 0 Å². The summed E-state index contributed by atoms with van der Waals surface area (Å²) in [5.74, 6) is 0.765. The molecular weight excluding hydrogens is 344 g/mol. The Hall–Kier alpha value is -1.69. The van der Waals surface area contributed by atoms with Gasteiger partial charge in [0.1, 0.15) is 0 Å². The van der Waals surface area contributed by atoms with Crippen molar-refractivity contribution in [2.24, 2.45) is 4.99 Å². The van der Waals surface area contributed by atoms with Gasteiger partial charge in [0.2, 0.25) is 0 Å². The molecule has 3 N–H and O–H groups in total. The first-order chi connectivity index (χ1) is 12.3. The van der Waals surface area contributed by atoms with Crippen LogP contribution in [-0.4, -0.2) is 42.0 Å². The van der Waals surface area contributed by atoms with Crippen molar-refractivity contribution in [2.75, 3.05) is 19.3 Å². The molecule has 0 bridgehead atoms. The minimum absolute atomic E-state index is 0.0306. The monoisotopic (exact) mass is 378 g/mol. The second-order valence-electron chi connectivity index (χ2n) is 7.00. The van der Waals surface area contributed by atoms with E-state index in [4.69, 9.17) is 0 Å². The lowest BCUT2D eigenvalue weighted by molar-refractivity contribution is 0.0939. The number of aliphatic imine (C=N–C) groups is 1. The van der Waals surface area contributed by atoms with Crippen LogP contribution in [0.4, 0.5) is 0 Å². The number of thioether (sulfide) groups is 1. The van der Waals surface area contributed by atoms with Gasteiger partial charge in [0, 0.05) is 29.4 Å². The van der Waals surface area contributed by atoms with Crippen LogP contribution < -0.4 is 16.0 Å². The Morgan fingerprint density at radius 1 is 1.27 bits per heavy atom. The largest absolute Gasteiger partial charge is 0.357 e. The van der Waals surface area contributed by atoms with Gasteiger partial charge in [-0.2, -0.15) is 11.8 Å². The van der Waals surface area contributed by atoms with Crippen LogP contribution >= 0.6 is 11.8 Å². The minimum Gasteiger partial charge on any atom is -0.357 e. The average molecular weight is 379 g/mol. The van der Waals surface area contributed by atoms with Crippen molar-refractivity contribution in [3.05, 3.63) is 35.4 Å². The van der Waals surface area contributed by atoms with Crippen LogP contribution in [0.3, 0.4) is 0 Å². The average Bonchev–Trinajstić information content (AvgIpc) is 2.64. The van der Waals surface area contributed by atoms with E-state index in [2.05, 4.69) is 54.9 Å². The molecule has 0 saturated carbocycles. The highest BCUT2D eigenvalue weighted by Crippen LogP contribution is 2.19. The fourth-order valence-corrected chi connectivity index (χ4v) is 2.32. The molecule has 0 aliphatic heterocycles. The molecule has 1 aromatic carbocycles. The first-order valence-corrected chi connectivity index (χ1v) is 10.5. The molecular formula is C20H34N4OS. The molecule has 26 heavy (non-hydrogen) atoms. The van der Waals surface area contributed by atoms with Crippen molar-refractivity contribution in [1.29, 1.82) is 0 Å². The van der Waals surface area contributed by atoms with Crippen LogP contribution in [0, 0.1) is 0 Å². The van der Waals surface area contributed by atoms with E-state index in [1.165, 1.54) is 0 Å². The van der Waals surface area contributed by atoms with E-state index < -0.39 is 0 Å². The van der Waals surface area contributed by atoms with Crippen molar-refractivity contribution in [3.63, 3.8) is 0 Å². The number of amides is 1. The van der Waals surface area contributed by atoms with Crippen LogP contribution in [0.5, 0.6) is 0 Å². The van der Waals surface area contributed by atoms with Crippen molar-refractivity contribution in [3.8, 4) is 0 Å². The molecule has 0 radical (unpaired) electrons. The van der Waals surface area contributed by atoms with Gasteiger partial charge in [-0.25, -0.2) is 4.99 Å². The number of hydrogen-bond acceptors (Lipinski definition) is 3. The zero-order valence-electron chi connectivity index (χ0n) is 17.0. The Morgan fingerprint density at radius 3 is 2.62 bits per heavy atom. The van der Waals surface area contributed by atoms with E-state index in [-0.39, 0.29) is 16.7 Å². The highest BCUT2D eigenvalue weighted by atomic mass is 32.2. The standard InChI is InChI=1S/C20H34N4OS/c1-7-15(3)24-18(25)17-11-9-10-16(12-17)13-22-19(21-8-2)23-14-20(4,5)26-6/h9-12,15H,7-8,13-14H2,1-6H3,(H,24,25)(H2,21,22,23). The number of nitrogens with one attached hydrogen (secondary N) is 3. The van der Waals surface area contributed by atoms with Crippen LogP contribution in [0.15, 0.2) is 29.3 Å². The Bertz CT molecular complexity index is 601. The molecule has 0 aliphatic rings. The Morgan fingerprint density at radius 2 is 2.00 bits per heavy atom. The number of benzene rings is 1. The summed E-state index contributed by atoms with van der Waals surface area (Å²) in [6.45, 7) is 12.7. The molecule has 146 valence electrons. The molecule has 0 saturated heterocycles. The van der Waals surface area contributed by atoms with Gasteiger partial charge in [0.15, 0.2) is 5.96 Å². The molecule has 1 amide bonds. The summed E-state index contributed by atoms with van der Waals surface area (Å²) in [7, 11) is 0. The predicted molar refractivity (Wildman–Crippen MR) is 114 cm³/mol. The molecule has 0 aromatic heterocycles. The van der Waals surface area contributed by atoms with Crippen LogP contribution in [0.2, 0.25) is 0 Å². The Labute approximate surface area is 162 Å². The van der Waals surface area contributed by atoms with Crippen molar-refractivity contribution in [1.82, 2.24) is 16.0 Å². The molecule has 1 rings (SSSR count). The molecule has 0 spiro atoms. The summed E-state index contributed by atoms with van der Waals surface area (Å²) in [6, 6.07) is 7.84. The van der Waals surface area contributed by atoms with Gasteiger partial charge in [-0.3, -0.25) is 4.79 Å². The lowest BCUT2D eigenvalue weighted by Gasteiger charge is -2.23. The minimum atomic E-state index is -0.0306. The number of guanidine groups is 1. The van der Waals surface area contributed by atoms with Crippen molar-refractivity contribution >= 4 is 23.6 Å². The molecule has 5 nitrogen and oxygen atoms in total.